The Balaban J connectivity index is 2.00. The number of anilines is 2. The van der Waals surface area contributed by atoms with E-state index in [1.807, 2.05) is 0 Å². The van der Waals surface area contributed by atoms with Crippen molar-refractivity contribution in [2.45, 2.75) is 32.0 Å². The van der Waals surface area contributed by atoms with Gasteiger partial charge >= 0.3 is 6.18 Å². The predicted octanol–water partition coefficient (Wildman–Crippen LogP) is 2.99. The van der Waals surface area contributed by atoms with Gasteiger partial charge in [-0.15, -0.1) is 0 Å². The number of halogens is 3. The topological polar surface area (TPSA) is 140 Å². The molecule has 0 spiro atoms. The highest BCUT2D eigenvalue weighted by Gasteiger charge is 2.34. The lowest BCUT2D eigenvalue weighted by Gasteiger charge is -2.19. The molecular weight excluding hydrogens is 439 g/mol. The lowest BCUT2D eigenvalue weighted by molar-refractivity contribution is -0.137. The summed E-state index contributed by atoms with van der Waals surface area (Å²) in [6, 6.07) is 9.05. The number of amidine groups is 1. The van der Waals surface area contributed by atoms with Gasteiger partial charge in [0.15, 0.2) is 0 Å². The van der Waals surface area contributed by atoms with Crippen LogP contribution in [-0.2, 0) is 15.8 Å². The molecule has 0 aliphatic rings. The fourth-order valence-corrected chi connectivity index (χ4v) is 2.98. The van der Waals surface area contributed by atoms with Gasteiger partial charge in [-0.3, -0.25) is 15.0 Å². The molecule has 2 rings (SSSR count). The summed E-state index contributed by atoms with van der Waals surface area (Å²) in [5.74, 6) is -1.38. The molecule has 33 heavy (non-hydrogen) atoms. The largest absolute Gasteiger partial charge is 0.418 e. The molecule has 2 aromatic rings. The summed E-state index contributed by atoms with van der Waals surface area (Å²) in [6.07, 6.45) is -4.83. The maximum atomic E-state index is 13.5. The number of nitrogens with two attached hydrogens (primary N) is 1. The number of benzene rings is 2. The zero-order chi connectivity index (χ0) is 24.6. The van der Waals surface area contributed by atoms with Crippen molar-refractivity contribution >= 4 is 29.0 Å². The summed E-state index contributed by atoms with van der Waals surface area (Å²) in [5.41, 5.74) is 5.47. The Morgan fingerprint density at radius 3 is 2.36 bits per heavy atom. The number of hydrogen-bond donors (Lipinski definition) is 6. The number of rotatable bonds is 10. The van der Waals surface area contributed by atoms with Crippen LogP contribution < -0.4 is 21.7 Å². The molecule has 0 aliphatic heterocycles. The van der Waals surface area contributed by atoms with Gasteiger partial charge in [0, 0.05) is 30.1 Å². The number of carbonyl (C=O) groups is 2. The minimum Gasteiger partial charge on any atom is -0.396 e. The van der Waals surface area contributed by atoms with Gasteiger partial charge in [0.05, 0.1) is 11.6 Å². The molecule has 1 unspecified atom stereocenters. The molecule has 1 atom stereocenters. The predicted molar refractivity (Wildman–Crippen MR) is 119 cm³/mol. The van der Waals surface area contributed by atoms with Gasteiger partial charge in [-0.25, -0.2) is 0 Å². The van der Waals surface area contributed by atoms with Gasteiger partial charge in [0.1, 0.15) is 12.3 Å². The first-order valence-electron chi connectivity index (χ1n) is 10.1. The molecular formula is C22H26F3N5O3. The Hall–Kier alpha value is -3.60. The second-order valence-electron chi connectivity index (χ2n) is 7.31. The van der Waals surface area contributed by atoms with Crippen molar-refractivity contribution in [3.8, 4) is 0 Å². The molecule has 0 saturated heterocycles. The van der Waals surface area contributed by atoms with Gasteiger partial charge in [0.2, 0.25) is 11.8 Å². The Labute approximate surface area is 188 Å². The smallest absolute Gasteiger partial charge is 0.396 e. The quantitative estimate of drug-likeness (QED) is 0.139. The molecule has 178 valence electrons. The van der Waals surface area contributed by atoms with Crippen LogP contribution in [0.2, 0.25) is 0 Å². The van der Waals surface area contributed by atoms with Crippen molar-refractivity contribution in [3.05, 3.63) is 59.2 Å². The molecule has 0 aliphatic carbocycles. The Bertz CT molecular complexity index is 994. The van der Waals surface area contributed by atoms with Crippen LogP contribution in [-0.4, -0.2) is 35.9 Å². The minimum atomic E-state index is -4.61. The normalized spacial score (nSPS) is 12.0. The number of nitrogen functional groups attached to an aromatic ring is 1. The van der Waals surface area contributed by atoms with Gasteiger partial charge in [-0.1, -0.05) is 6.07 Å². The van der Waals surface area contributed by atoms with Crippen LogP contribution in [0.25, 0.3) is 0 Å². The van der Waals surface area contributed by atoms with E-state index in [0.29, 0.717) is 17.7 Å². The highest BCUT2D eigenvalue weighted by Crippen LogP contribution is 2.36. The van der Waals surface area contributed by atoms with E-state index >= 15 is 0 Å². The fourth-order valence-electron chi connectivity index (χ4n) is 2.98. The van der Waals surface area contributed by atoms with Crippen LogP contribution in [0.4, 0.5) is 24.5 Å². The summed E-state index contributed by atoms with van der Waals surface area (Å²) in [6.45, 7) is 1.55. The molecule has 0 aromatic heterocycles. The van der Waals surface area contributed by atoms with Crippen molar-refractivity contribution < 1.29 is 27.9 Å². The number of alkyl halides is 3. The van der Waals surface area contributed by atoms with E-state index in [2.05, 4.69) is 16.0 Å². The summed E-state index contributed by atoms with van der Waals surface area (Å²) in [7, 11) is 0. The minimum absolute atomic E-state index is 0.117. The third-order valence-electron chi connectivity index (χ3n) is 4.68. The molecule has 0 heterocycles. The first kappa shape index (κ1) is 25.7. The summed E-state index contributed by atoms with van der Waals surface area (Å²) in [4.78, 5) is 24.3. The van der Waals surface area contributed by atoms with E-state index in [1.54, 1.807) is 12.1 Å². The summed E-state index contributed by atoms with van der Waals surface area (Å²) in [5, 5.41) is 23.8. The van der Waals surface area contributed by atoms with Crippen LogP contribution in [0.1, 0.15) is 42.5 Å². The van der Waals surface area contributed by atoms with Gasteiger partial charge in [-0.2, -0.15) is 13.2 Å². The highest BCUT2D eigenvalue weighted by atomic mass is 19.4. The fraction of sp³-hybridized carbons (Fsp3) is 0.318. The van der Waals surface area contributed by atoms with E-state index in [1.165, 1.54) is 31.2 Å². The average molecular weight is 465 g/mol. The first-order valence-corrected chi connectivity index (χ1v) is 10.1. The standard InChI is InChI=1S/C22H26F3N5O3/c1-13(15-5-8-18(28-9-2-10-31)17(11-15)22(23,24)25)29-19(32)12-20(33)30-16-6-3-14(4-7-16)21(26)27/h3-8,11,13,28,31H,2,9-10,12H2,1H3,(H3,26,27)(H,29,32)(H,30,33). The number of aliphatic hydroxyl groups excluding tert-OH is 1. The number of amides is 2. The Morgan fingerprint density at radius 1 is 1.12 bits per heavy atom. The van der Waals surface area contributed by atoms with E-state index in [9.17, 15) is 22.8 Å². The Morgan fingerprint density at radius 2 is 1.79 bits per heavy atom. The summed E-state index contributed by atoms with van der Waals surface area (Å²) >= 11 is 0. The molecule has 0 bridgehead atoms. The highest BCUT2D eigenvalue weighted by molar-refractivity contribution is 6.04. The van der Waals surface area contributed by atoms with Crippen molar-refractivity contribution in [1.82, 2.24) is 5.32 Å². The number of nitrogens with one attached hydrogen (secondary N) is 4. The summed E-state index contributed by atoms with van der Waals surface area (Å²) < 4.78 is 40.4. The lowest BCUT2D eigenvalue weighted by Crippen LogP contribution is -2.30. The van der Waals surface area contributed by atoms with Crippen molar-refractivity contribution in [3.63, 3.8) is 0 Å². The first-order chi connectivity index (χ1) is 15.5. The molecule has 2 amide bonds. The van der Waals surface area contributed by atoms with Crippen molar-refractivity contribution in [2.24, 2.45) is 5.73 Å². The third kappa shape index (κ3) is 7.79. The number of carbonyl (C=O) groups excluding carboxylic acids is 2. The monoisotopic (exact) mass is 465 g/mol. The van der Waals surface area contributed by atoms with Crippen LogP contribution in [0, 0.1) is 5.41 Å². The molecule has 7 N–H and O–H groups in total. The van der Waals surface area contributed by atoms with Crippen molar-refractivity contribution in [1.29, 1.82) is 5.41 Å². The van der Waals surface area contributed by atoms with Gasteiger partial charge in [-0.05, 0) is 55.3 Å². The van der Waals surface area contributed by atoms with Crippen LogP contribution >= 0.6 is 0 Å². The molecule has 0 fully saturated rings. The average Bonchev–Trinajstić information content (AvgIpc) is 2.73. The van der Waals surface area contributed by atoms with Crippen LogP contribution in [0.5, 0.6) is 0 Å². The van der Waals surface area contributed by atoms with Crippen molar-refractivity contribution in [2.75, 3.05) is 23.8 Å². The maximum Gasteiger partial charge on any atom is 0.418 e. The van der Waals surface area contributed by atoms with Crippen LogP contribution in [0.3, 0.4) is 0 Å². The van der Waals surface area contributed by atoms with E-state index in [4.69, 9.17) is 16.2 Å². The Kier molecular flexibility index (Phi) is 8.80. The zero-order valence-corrected chi connectivity index (χ0v) is 17.9. The second-order valence-corrected chi connectivity index (χ2v) is 7.31. The molecule has 11 heteroatoms. The second kappa shape index (κ2) is 11.3. The van der Waals surface area contributed by atoms with Gasteiger partial charge < -0.3 is 26.8 Å². The number of hydrogen-bond acceptors (Lipinski definition) is 5. The maximum absolute atomic E-state index is 13.5. The molecule has 0 saturated carbocycles. The lowest BCUT2D eigenvalue weighted by atomic mass is 10.0. The molecule has 2 aromatic carbocycles. The molecule has 0 radical (unpaired) electrons. The SMILES string of the molecule is CC(NC(=O)CC(=O)Nc1ccc(C(=N)N)cc1)c1ccc(NCCCO)c(C(F)(F)F)c1. The van der Waals surface area contributed by atoms with Crippen LogP contribution in [0.15, 0.2) is 42.5 Å². The van der Waals surface area contributed by atoms with E-state index in [-0.39, 0.29) is 30.2 Å². The van der Waals surface area contributed by atoms with E-state index < -0.39 is 36.0 Å². The molecule has 8 nitrogen and oxygen atoms in total. The van der Waals surface area contributed by atoms with E-state index in [0.717, 1.165) is 6.07 Å². The number of aliphatic hydroxyl groups is 1. The third-order valence-corrected chi connectivity index (χ3v) is 4.68. The zero-order valence-electron chi connectivity index (χ0n) is 17.9. The van der Waals surface area contributed by atoms with Gasteiger partial charge in [0.25, 0.3) is 0 Å².